The molecule has 106 valence electrons. The highest BCUT2D eigenvalue weighted by molar-refractivity contribution is 5.77. The van der Waals surface area contributed by atoms with Gasteiger partial charge in [-0.15, -0.1) is 0 Å². The Morgan fingerprint density at radius 1 is 0.818 bits per heavy atom. The minimum atomic E-state index is 0.690. The normalized spacial score (nSPS) is 9.95. The third kappa shape index (κ3) is 3.16. The topological polar surface area (TPSA) is 35.8 Å². The van der Waals surface area contributed by atoms with E-state index >= 15 is 0 Å². The molecule has 0 bridgehead atoms. The van der Waals surface area contributed by atoms with Crippen molar-refractivity contribution in [2.45, 2.75) is 6.54 Å². The summed E-state index contributed by atoms with van der Waals surface area (Å²) in [4.78, 5) is 0. The first-order valence-electron chi connectivity index (χ1n) is 7.24. The van der Waals surface area contributed by atoms with E-state index in [4.69, 9.17) is 5.26 Å². The van der Waals surface area contributed by atoms with E-state index in [1.54, 1.807) is 0 Å². The van der Waals surface area contributed by atoms with Crippen molar-refractivity contribution < 1.29 is 0 Å². The van der Waals surface area contributed by atoms with Crippen LogP contribution >= 0.6 is 0 Å². The molecule has 3 rings (SSSR count). The van der Waals surface area contributed by atoms with Gasteiger partial charge in [-0.3, -0.25) is 0 Å². The van der Waals surface area contributed by atoms with Crippen LogP contribution in [0.25, 0.3) is 11.1 Å². The van der Waals surface area contributed by atoms with Crippen LogP contribution in [0.3, 0.4) is 0 Å². The zero-order chi connectivity index (χ0) is 15.2. The van der Waals surface area contributed by atoms with Gasteiger partial charge in [0.2, 0.25) is 0 Å². The van der Waals surface area contributed by atoms with Crippen LogP contribution in [0.2, 0.25) is 0 Å². The predicted molar refractivity (Wildman–Crippen MR) is 90.4 cm³/mol. The number of para-hydroxylation sites is 1. The summed E-state index contributed by atoms with van der Waals surface area (Å²) in [6.45, 7) is 0.694. The Morgan fingerprint density at radius 3 is 2.41 bits per heavy atom. The standard InChI is InChI=1S/C20H16N2/c21-14-16-7-6-8-17(13-16)15-22-20-12-5-4-11-19(20)18-9-2-1-3-10-18/h1-13,22H,15H2. The number of nitrogens with one attached hydrogen (secondary N) is 1. The second-order valence-corrected chi connectivity index (χ2v) is 5.08. The molecule has 0 aliphatic heterocycles. The highest BCUT2D eigenvalue weighted by Gasteiger charge is 2.04. The first kappa shape index (κ1) is 13.9. The van der Waals surface area contributed by atoms with Crippen molar-refractivity contribution in [2.75, 3.05) is 5.32 Å². The van der Waals surface area contributed by atoms with E-state index in [1.807, 2.05) is 54.6 Å². The Labute approximate surface area is 130 Å². The van der Waals surface area contributed by atoms with E-state index < -0.39 is 0 Å². The Balaban J connectivity index is 1.83. The molecule has 0 radical (unpaired) electrons. The molecule has 0 fully saturated rings. The fourth-order valence-corrected chi connectivity index (χ4v) is 2.45. The molecule has 0 amide bonds. The average molecular weight is 284 g/mol. The Bertz CT molecular complexity index is 801. The lowest BCUT2D eigenvalue weighted by Gasteiger charge is -2.12. The summed E-state index contributed by atoms with van der Waals surface area (Å²) >= 11 is 0. The maximum absolute atomic E-state index is 8.97. The molecular formula is C20H16N2. The summed E-state index contributed by atoms with van der Waals surface area (Å²) in [7, 11) is 0. The van der Waals surface area contributed by atoms with Crippen LogP contribution in [0.4, 0.5) is 5.69 Å². The van der Waals surface area contributed by atoms with Crippen molar-refractivity contribution >= 4 is 5.69 Å². The molecule has 0 aliphatic rings. The van der Waals surface area contributed by atoms with Gasteiger partial charge in [0.05, 0.1) is 11.6 Å². The van der Waals surface area contributed by atoms with E-state index in [2.05, 4.69) is 35.7 Å². The fraction of sp³-hybridized carbons (Fsp3) is 0.0500. The molecule has 0 saturated carbocycles. The Hall–Kier alpha value is -3.05. The molecule has 0 aliphatic carbocycles. The SMILES string of the molecule is N#Cc1cccc(CNc2ccccc2-c2ccccc2)c1. The van der Waals surface area contributed by atoms with Gasteiger partial charge in [0.15, 0.2) is 0 Å². The van der Waals surface area contributed by atoms with Crippen LogP contribution in [-0.2, 0) is 6.54 Å². The predicted octanol–water partition coefficient (Wildman–Crippen LogP) is 4.84. The first-order valence-corrected chi connectivity index (χ1v) is 7.24. The van der Waals surface area contributed by atoms with E-state index in [-0.39, 0.29) is 0 Å². The summed E-state index contributed by atoms with van der Waals surface area (Å²) in [5.41, 5.74) is 5.25. The maximum atomic E-state index is 8.97. The first-order chi connectivity index (χ1) is 10.9. The Morgan fingerprint density at radius 2 is 1.59 bits per heavy atom. The van der Waals surface area contributed by atoms with Crippen LogP contribution in [0.5, 0.6) is 0 Å². The number of hydrogen-bond acceptors (Lipinski definition) is 2. The van der Waals surface area contributed by atoms with E-state index in [9.17, 15) is 0 Å². The molecule has 2 nitrogen and oxygen atoms in total. The fourth-order valence-electron chi connectivity index (χ4n) is 2.45. The lowest BCUT2D eigenvalue weighted by molar-refractivity contribution is 1.15. The van der Waals surface area contributed by atoms with Gasteiger partial charge in [-0.2, -0.15) is 5.26 Å². The summed E-state index contributed by atoms with van der Waals surface area (Å²) < 4.78 is 0. The largest absolute Gasteiger partial charge is 0.380 e. The minimum absolute atomic E-state index is 0.690. The molecule has 1 N–H and O–H groups in total. The zero-order valence-electron chi connectivity index (χ0n) is 12.2. The minimum Gasteiger partial charge on any atom is -0.380 e. The van der Waals surface area contributed by atoms with E-state index in [1.165, 1.54) is 11.1 Å². The molecule has 2 heteroatoms. The van der Waals surface area contributed by atoms with Crippen molar-refractivity contribution in [1.29, 1.82) is 5.26 Å². The number of benzene rings is 3. The summed E-state index contributed by atoms with van der Waals surface area (Å²) in [5.74, 6) is 0. The van der Waals surface area contributed by atoms with Gasteiger partial charge in [0, 0.05) is 17.8 Å². The number of nitrogens with zero attached hydrogens (tertiary/aromatic N) is 1. The van der Waals surface area contributed by atoms with Gasteiger partial charge in [-0.1, -0.05) is 60.7 Å². The van der Waals surface area contributed by atoms with Crippen LogP contribution in [0.1, 0.15) is 11.1 Å². The molecule has 22 heavy (non-hydrogen) atoms. The molecule has 3 aromatic rings. The summed E-state index contributed by atoms with van der Waals surface area (Å²) in [5, 5.41) is 12.4. The quantitative estimate of drug-likeness (QED) is 0.744. The number of hydrogen-bond donors (Lipinski definition) is 1. The van der Waals surface area contributed by atoms with Crippen molar-refractivity contribution in [3.8, 4) is 17.2 Å². The van der Waals surface area contributed by atoms with Gasteiger partial charge in [0.1, 0.15) is 0 Å². The highest BCUT2D eigenvalue weighted by atomic mass is 14.9. The molecule has 0 unspecified atom stereocenters. The molecular weight excluding hydrogens is 268 g/mol. The van der Waals surface area contributed by atoms with E-state index in [0.29, 0.717) is 12.1 Å². The van der Waals surface area contributed by atoms with Crippen molar-refractivity contribution in [1.82, 2.24) is 0 Å². The van der Waals surface area contributed by atoms with Gasteiger partial charge in [0.25, 0.3) is 0 Å². The van der Waals surface area contributed by atoms with Gasteiger partial charge >= 0.3 is 0 Å². The van der Waals surface area contributed by atoms with Crippen LogP contribution < -0.4 is 5.32 Å². The van der Waals surface area contributed by atoms with Gasteiger partial charge < -0.3 is 5.32 Å². The second kappa shape index (κ2) is 6.60. The van der Waals surface area contributed by atoms with Crippen molar-refractivity contribution in [2.24, 2.45) is 0 Å². The summed E-state index contributed by atoms with van der Waals surface area (Å²) in [6, 6.07) is 28.4. The molecule has 0 saturated heterocycles. The Kier molecular flexibility index (Phi) is 4.17. The maximum Gasteiger partial charge on any atom is 0.0991 e. The van der Waals surface area contributed by atoms with Crippen molar-refractivity contribution in [3.63, 3.8) is 0 Å². The highest BCUT2D eigenvalue weighted by Crippen LogP contribution is 2.27. The molecule has 0 spiro atoms. The monoisotopic (exact) mass is 284 g/mol. The van der Waals surface area contributed by atoms with Crippen LogP contribution in [-0.4, -0.2) is 0 Å². The molecule has 0 heterocycles. The summed E-state index contributed by atoms with van der Waals surface area (Å²) in [6.07, 6.45) is 0. The lowest BCUT2D eigenvalue weighted by Crippen LogP contribution is -2.01. The van der Waals surface area contributed by atoms with Gasteiger partial charge in [-0.25, -0.2) is 0 Å². The van der Waals surface area contributed by atoms with Crippen LogP contribution in [0, 0.1) is 11.3 Å². The number of anilines is 1. The third-order valence-electron chi connectivity index (χ3n) is 3.55. The van der Waals surface area contributed by atoms with Gasteiger partial charge in [-0.05, 0) is 29.3 Å². The molecule has 3 aromatic carbocycles. The molecule has 0 aromatic heterocycles. The lowest BCUT2D eigenvalue weighted by atomic mass is 10.0. The molecule has 0 atom stereocenters. The van der Waals surface area contributed by atoms with Crippen LogP contribution in [0.15, 0.2) is 78.9 Å². The average Bonchev–Trinajstić information content (AvgIpc) is 2.61. The van der Waals surface area contributed by atoms with Crippen molar-refractivity contribution in [3.05, 3.63) is 90.0 Å². The zero-order valence-corrected chi connectivity index (χ0v) is 12.2. The smallest absolute Gasteiger partial charge is 0.0991 e. The third-order valence-corrected chi connectivity index (χ3v) is 3.55. The number of nitriles is 1. The second-order valence-electron chi connectivity index (χ2n) is 5.08. The number of rotatable bonds is 4. The van der Waals surface area contributed by atoms with E-state index in [0.717, 1.165) is 11.3 Å².